The van der Waals surface area contributed by atoms with Gasteiger partial charge in [0.25, 0.3) is 5.91 Å². The normalized spacial score (nSPS) is 10.6. The Morgan fingerprint density at radius 1 is 1.18 bits per heavy atom. The number of anilines is 1. The zero-order valence-corrected chi connectivity index (χ0v) is 13.8. The molecular weight excluding hydrogens is 312 g/mol. The molecule has 1 aromatic carbocycles. The fourth-order valence-electron chi connectivity index (χ4n) is 2.38. The first-order valence-electron chi connectivity index (χ1n) is 6.91. The number of rotatable bonds is 4. The fraction of sp³-hybridized carbons (Fsp3) is 0.118. The summed E-state index contributed by atoms with van der Waals surface area (Å²) in [5.74, 6) is -0.117. The van der Waals surface area contributed by atoms with Crippen LogP contribution >= 0.6 is 22.7 Å². The maximum absolute atomic E-state index is 12.6. The zero-order chi connectivity index (χ0) is 15.5. The Morgan fingerprint density at radius 2 is 1.95 bits per heavy atom. The fourth-order valence-corrected chi connectivity index (χ4v) is 4.22. The smallest absolute Gasteiger partial charge is 0.255 e. The average molecular weight is 328 g/mol. The number of carbonyl (C=O) groups is 1. The van der Waals surface area contributed by atoms with Gasteiger partial charge in [0.2, 0.25) is 0 Å². The molecule has 0 aliphatic carbocycles. The molecular formula is C17H16N2OS2. The van der Waals surface area contributed by atoms with E-state index in [0.29, 0.717) is 17.1 Å². The molecule has 3 nitrogen and oxygen atoms in total. The molecule has 0 spiro atoms. The van der Waals surface area contributed by atoms with Gasteiger partial charge in [0.1, 0.15) is 0 Å². The van der Waals surface area contributed by atoms with Crippen LogP contribution < -0.4 is 11.1 Å². The maximum Gasteiger partial charge on any atom is 0.255 e. The van der Waals surface area contributed by atoms with Crippen LogP contribution in [0.3, 0.4) is 0 Å². The van der Waals surface area contributed by atoms with E-state index in [2.05, 4.69) is 5.32 Å². The standard InChI is InChI=1S/C17H16N2OS2/c1-11-14(13-8-5-9-21-13)15(16(18)22-11)17(20)19-10-12-6-3-2-4-7-12/h2-9H,10,18H2,1H3,(H,19,20). The summed E-state index contributed by atoms with van der Waals surface area (Å²) in [6.45, 7) is 2.50. The highest BCUT2D eigenvalue weighted by Gasteiger charge is 2.22. The first-order valence-corrected chi connectivity index (χ1v) is 8.61. The second-order valence-electron chi connectivity index (χ2n) is 4.92. The maximum atomic E-state index is 12.6. The van der Waals surface area contributed by atoms with E-state index in [1.54, 1.807) is 11.3 Å². The molecule has 1 amide bonds. The Balaban J connectivity index is 1.87. The average Bonchev–Trinajstić information content (AvgIpc) is 3.13. The number of aryl methyl sites for hydroxylation is 1. The van der Waals surface area contributed by atoms with Crippen LogP contribution in [-0.4, -0.2) is 5.91 Å². The summed E-state index contributed by atoms with van der Waals surface area (Å²) in [5.41, 5.74) is 8.71. The lowest BCUT2D eigenvalue weighted by molar-refractivity contribution is 0.0953. The lowest BCUT2D eigenvalue weighted by Crippen LogP contribution is -2.23. The summed E-state index contributed by atoms with van der Waals surface area (Å²) in [6, 6.07) is 13.9. The molecule has 112 valence electrons. The van der Waals surface area contributed by atoms with Crippen molar-refractivity contribution in [3.63, 3.8) is 0 Å². The third-order valence-corrected chi connectivity index (χ3v) is 5.22. The van der Waals surface area contributed by atoms with Gasteiger partial charge in [0, 0.05) is 21.9 Å². The summed E-state index contributed by atoms with van der Waals surface area (Å²) in [4.78, 5) is 14.7. The predicted molar refractivity (Wildman–Crippen MR) is 94.4 cm³/mol. The van der Waals surface area contributed by atoms with Crippen LogP contribution in [0.25, 0.3) is 10.4 Å². The van der Waals surface area contributed by atoms with Crippen molar-refractivity contribution in [2.24, 2.45) is 0 Å². The molecule has 0 atom stereocenters. The van der Waals surface area contributed by atoms with Gasteiger partial charge in [-0.1, -0.05) is 36.4 Å². The van der Waals surface area contributed by atoms with Crippen molar-refractivity contribution in [1.82, 2.24) is 5.32 Å². The molecule has 0 bridgehead atoms. The minimum absolute atomic E-state index is 0.117. The number of nitrogens with one attached hydrogen (secondary N) is 1. The minimum Gasteiger partial charge on any atom is -0.390 e. The van der Waals surface area contributed by atoms with E-state index < -0.39 is 0 Å². The summed E-state index contributed by atoms with van der Waals surface area (Å²) in [6.07, 6.45) is 0. The number of amides is 1. The lowest BCUT2D eigenvalue weighted by atomic mass is 10.1. The first kappa shape index (κ1) is 14.8. The molecule has 5 heteroatoms. The van der Waals surface area contributed by atoms with Gasteiger partial charge in [-0.25, -0.2) is 0 Å². The summed E-state index contributed by atoms with van der Waals surface area (Å²) >= 11 is 3.09. The topological polar surface area (TPSA) is 55.1 Å². The van der Waals surface area contributed by atoms with Gasteiger partial charge in [-0.3, -0.25) is 4.79 Å². The van der Waals surface area contributed by atoms with Crippen molar-refractivity contribution < 1.29 is 4.79 Å². The molecule has 0 aliphatic heterocycles. The Morgan fingerprint density at radius 3 is 2.64 bits per heavy atom. The van der Waals surface area contributed by atoms with E-state index in [-0.39, 0.29) is 5.91 Å². The molecule has 0 saturated carbocycles. The van der Waals surface area contributed by atoms with Crippen LogP contribution in [0, 0.1) is 6.92 Å². The van der Waals surface area contributed by atoms with Gasteiger partial charge in [0.05, 0.1) is 10.6 Å². The number of nitrogens with two attached hydrogens (primary N) is 1. The van der Waals surface area contributed by atoms with Crippen molar-refractivity contribution in [1.29, 1.82) is 0 Å². The number of benzene rings is 1. The van der Waals surface area contributed by atoms with Crippen molar-refractivity contribution in [3.8, 4) is 10.4 Å². The second kappa shape index (κ2) is 6.34. The van der Waals surface area contributed by atoms with Crippen molar-refractivity contribution >= 4 is 33.6 Å². The van der Waals surface area contributed by atoms with E-state index in [0.717, 1.165) is 20.9 Å². The summed E-state index contributed by atoms with van der Waals surface area (Å²) < 4.78 is 0. The Hall–Kier alpha value is -2.11. The number of hydrogen-bond acceptors (Lipinski definition) is 4. The third-order valence-electron chi connectivity index (χ3n) is 3.40. The molecule has 0 radical (unpaired) electrons. The van der Waals surface area contributed by atoms with E-state index in [1.807, 2.05) is 54.8 Å². The molecule has 3 aromatic rings. The molecule has 0 unspecified atom stereocenters. The van der Waals surface area contributed by atoms with Crippen molar-refractivity contribution in [3.05, 3.63) is 63.8 Å². The van der Waals surface area contributed by atoms with Crippen LogP contribution in [0.15, 0.2) is 47.8 Å². The molecule has 2 aromatic heterocycles. The van der Waals surface area contributed by atoms with E-state index >= 15 is 0 Å². The van der Waals surface area contributed by atoms with E-state index in [4.69, 9.17) is 5.73 Å². The first-order chi connectivity index (χ1) is 10.7. The summed E-state index contributed by atoms with van der Waals surface area (Å²) in [7, 11) is 0. The second-order valence-corrected chi connectivity index (χ2v) is 7.12. The number of nitrogen functional groups attached to an aromatic ring is 1. The molecule has 0 aliphatic rings. The number of carbonyl (C=O) groups excluding carboxylic acids is 1. The van der Waals surface area contributed by atoms with Crippen molar-refractivity contribution in [2.45, 2.75) is 13.5 Å². The highest BCUT2D eigenvalue weighted by molar-refractivity contribution is 7.18. The monoisotopic (exact) mass is 328 g/mol. The largest absolute Gasteiger partial charge is 0.390 e. The molecule has 22 heavy (non-hydrogen) atoms. The van der Waals surface area contributed by atoms with Gasteiger partial charge in [0.15, 0.2) is 0 Å². The van der Waals surface area contributed by atoms with Gasteiger partial charge in [-0.2, -0.15) is 0 Å². The highest BCUT2D eigenvalue weighted by atomic mass is 32.1. The molecule has 0 saturated heterocycles. The van der Waals surface area contributed by atoms with Gasteiger partial charge >= 0.3 is 0 Å². The highest BCUT2D eigenvalue weighted by Crippen LogP contribution is 2.40. The van der Waals surface area contributed by atoms with Gasteiger partial charge < -0.3 is 11.1 Å². The van der Waals surface area contributed by atoms with Crippen LogP contribution in [-0.2, 0) is 6.54 Å². The zero-order valence-electron chi connectivity index (χ0n) is 12.1. The minimum atomic E-state index is -0.117. The molecule has 3 rings (SSSR count). The molecule has 3 N–H and O–H groups in total. The lowest BCUT2D eigenvalue weighted by Gasteiger charge is -2.07. The van der Waals surface area contributed by atoms with Crippen LogP contribution in [0.2, 0.25) is 0 Å². The van der Waals surface area contributed by atoms with Crippen molar-refractivity contribution in [2.75, 3.05) is 5.73 Å². The predicted octanol–water partition coefficient (Wildman–Crippen LogP) is 4.30. The van der Waals surface area contributed by atoms with Gasteiger partial charge in [-0.15, -0.1) is 22.7 Å². The number of hydrogen-bond donors (Lipinski definition) is 2. The molecule has 2 heterocycles. The van der Waals surface area contributed by atoms with E-state index in [1.165, 1.54) is 11.3 Å². The van der Waals surface area contributed by atoms with Crippen LogP contribution in [0.4, 0.5) is 5.00 Å². The molecule has 0 fully saturated rings. The Kier molecular flexibility index (Phi) is 4.27. The quantitative estimate of drug-likeness (QED) is 0.750. The van der Waals surface area contributed by atoms with Crippen LogP contribution in [0.1, 0.15) is 20.8 Å². The summed E-state index contributed by atoms with van der Waals surface area (Å²) in [5, 5.41) is 5.55. The van der Waals surface area contributed by atoms with Crippen LogP contribution in [0.5, 0.6) is 0 Å². The Bertz CT molecular complexity index is 777. The SMILES string of the molecule is Cc1sc(N)c(C(=O)NCc2ccccc2)c1-c1cccs1. The Labute approximate surface area is 137 Å². The van der Waals surface area contributed by atoms with Gasteiger partial charge in [-0.05, 0) is 23.9 Å². The van der Waals surface area contributed by atoms with E-state index in [9.17, 15) is 4.79 Å². The number of thiophene rings is 2. The third kappa shape index (κ3) is 2.91.